The Morgan fingerprint density at radius 2 is 1.54 bits per heavy atom. The van der Waals surface area contributed by atoms with Crippen LogP contribution < -0.4 is 16.0 Å². The van der Waals surface area contributed by atoms with Crippen LogP contribution in [-0.2, 0) is 4.79 Å². The van der Waals surface area contributed by atoms with E-state index in [1.54, 1.807) is 36.4 Å². The van der Waals surface area contributed by atoms with Gasteiger partial charge in [0.2, 0.25) is 5.91 Å². The molecule has 0 radical (unpaired) electrons. The lowest BCUT2D eigenvalue weighted by molar-refractivity contribution is -0.114. The number of anilines is 4. The van der Waals surface area contributed by atoms with Crippen molar-refractivity contribution in [2.45, 2.75) is 20.8 Å². The predicted octanol–water partition coefficient (Wildman–Crippen LogP) is 4.65. The molecule has 0 spiro atoms. The van der Waals surface area contributed by atoms with Crippen LogP contribution in [0, 0.1) is 13.8 Å². The van der Waals surface area contributed by atoms with Crippen molar-refractivity contribution >= 4 is 34.7 Å². The Bertz CT molecular complexity index is 996. The summed E-state index contributed by atoms with van der Waals surface area (Å²) in [5.74, 6) is 0.276. The van der Waals surface area contributed by atoms with Gasteiger partial charge in [0.05, 0.1) is 5.56 Å². The third kappa shape index (κ3) is 4.94. The maximum atomic E-state index is 12.4. The molecule has 0 atom stereocenters. The Balaban J connectivity index is 1.64. The summed E-state index contributed by atoms with van der Waals surface area (Å²) in [6.45, 7) is 5.53. The molecule has 3 N–H and O–H groups in total. The number of benzene rings is 2. The van der Waals surface area contributed by atoms with Crippen LogP contribution in [0.3, 0.4) is 0 Å². The van der Waals surface area contributed by atoms with E-state index in [4.69, 9.17) is 0 Å². The molecule has 3 rings (SSSR count). The molecule has 2 amide bonds. The molecule has 3 aromatic rings. The van der Waals surface area contributed by atoms with Crippen molar-refractivity contribution in [2.24, 2.45) is 0 Å². The van der Waals surface area contributed by atoms with Gasteiger partial charge in [0, 0.05) is 30.2 Å². The molecule has 0 saturated heterocycles. The standard InChI is InChI=1S/C22H22N4O2/c1-14-4-10-20(15(2)12-14)26-21-11-5-17(13-23-21)22(28)25-19-8-6-18(7-9-19)24-16(3)27/h4-13H,1-3H3,(H,23,26)(H,24,27)(H,25,28). The highest BCUT2D eigenvalue weighted by Gasteiger charge is 2.08. The summed E-state index contributed by atoms with van der Waals surface area (Å²) in [6, 6.07) is 16.6. The number of hydrogen-bond acceptors (Lipinski definition) is 4. The summed E-state index contributed by atoms with van der Waals surface area (Å²) in [7, 11) is 0. The minimum absolute atomic E-state index is 0.141. The monoisotopic (exact) mass is 374 g/mol. The van der Waals surface area contributed by atoms with Crippen LogP contribution in [0.5, 0.6) is 0 Å². The number of carbonyl (C=O) groups is 2. The molecule has 1 aromatic heterocycles. The van der Waals surface area contributed by atoms with E-state index in [2.05, 4.69) is 33.9 Å². The molecule has 142 valence electrons. The van der Waals surface area contributed by atoms with Gasteiger partial charge in [-0.1, -0.05) is 17.7 Å². The molecule has 2 aromatic carbocycles. The number of rotatable bonds is 5. The summed E-state index contributed by atoms with van der Waals surface area (Å²) in [4.78, 5) is 27.8. The number of aryl methyl sites for hydroxylation is 2. The quantitative estimate of drug-likeness (QED) is 0.607. The number of amides is 2. The third-order valence-corrected chi connectivity index (χ3v) is 4.13. The fourth-order valence-electron chi connectivity index (χ4n) is 2.74. The number of nitrogens with zero attached hydrogens (tertiary/aromatic N) is 1. The zero-order valence-corrected chi connectivity index (χ0v) is 16.0. The SMILES string of the molecule is CC(=O)Nc1ccc(NC(=O)c2ccc(Nc3ccc(C)cc3C)nc2)cc1. The first-order valence-electron chi connectivity index (χ1n) is 8.90. The second kappa shape index (κ2) is 8.35. The van der Waals surface area contributed by atoms with E-state index in [1.807, 2.05) is 19.1 Å². The Kier molecular flexibility index (Phi) is 5.69. The van der Waals surface area contributed by atoms with E-state index >= 15 is 0 Å². The van der Waals surface area contributed by atoms with Crippen molar-refractivity contribution in [3.63, 3.8) is 0 Å². The molecule has 0 fully saturated rings. The smallest absolute Gasteiger partial charge is 0.257 e. The highest BCUT2D eigenvalue weighted by molar-refractivity contribution is 6.04. The lowest BCUT2D eigenvalue weighted by Crippen LogP contribution is -2.12. The lowest BCUT2D eigenvalue weighted by atomic mass is 10.1. The topological polar surface area (TPSA) is 83.1 Å². The van der Waals surface area contributed by atoms with E-state index in [-0.39, 0.29) is 11.8 Å². The van der Waals surface area contributed by atoms with Crippen LogP contribution in [0.1, 0.15) is 28.4 Å². The van der Waals surface area contributed by atoms with Crippen LogP contribution in [0.15, 0.2) is 60.8 Å². The molecule has 6 heteroatoms. The van der Waals surface area contributed by atoms with Crippen LogP contribution in [0.4, 0.5) is 22.9 Å². The van der Waals surface area contributed by atoms with Gasteiger partial charge in [0.25, 0.3) is 5.91 Å². The molecule has 1 heterocycles. The summed E-state index contributed by atoms with van der Waals surface area (Å²) < 4.78 is 0. The number of aromatic nitrogens is 1. The van der Waals surface area contributed by atoms with Gasteiger partial charge < -0.3 is 16.0 Å². The normalized spacial score (nSPS) is 10.2. The Hall–Kier alpha value is -3.67. The maximum Gasteiger partial charge on any atom is 0.257 e. The highest BCUT2D eigenvalue weighted by atomic mass is 16.2. The first-order chi connectivity index (χ1) is 13.4. The van der Waals surface area contributed by atoms with Crippen molar-refractivity contribution in [3.8, 4) is 0 Å². The van der Waals surface area contributed by atoms with Gasteiger partial charge in [0.1, 0.15) is 5.82 Å². The summed E-state index contributed by atoms with van der Waals surface area (Å²) >= 11 is 0. The van der Waals surface area contributed by atoms with Gasteiger partial charge >= 0.3 is 0 Å². The highest BCUT2D eigenvalue weighted by Crippen LogP contribution is 2.20. The van der Waals surface area contributed by atoms with Gasteiger partial charge in [-0.3, -0.25) is 9.59 Å². The molecule has 0 saturated carbocycles. The van der Waals surface area contributed by atoms with E-state index in [0.29, 0.717) is 22.8 Å². The van der Waals surface area contributed by atoms with Gasteiger partial charge in [-0.25, -0.2) is 4.98 Å². The minimum Gasteiger partial charge on any atom is -0.340 e. The second-order valence-electron chi connectivity index (χ2n) is 6.59. The lowest BCUT2D eigenvalue weighted by Gasteiger charge is -2.10. The first kappa shape index (κ1) is 19.1. The van der Waals surface area contributed by atoms with Crippen molar-refractivity contribution in [2.75, 3.05) is 16.0 Å². The average Bonchev–Trinajstić information content (AvgIpc) is 2.66. The average molecular weight is 374 g/mol. The fraction of sp³-hybridized carbons (Fsp3) is 0.136. The molecule has 0 unspecified atom stereocenters. The van der Waals surface area contributed by atoms with Crippen LogP contribution in [-0.4, -0.2) is 16.8 Å². The predicted molar refractivity (Wildman–Crippen MR) is 112 cm³/mol. The van der Waals surface area contributed by atoms with E-state index in [9.17, 15) is 9.59 Å². The zero-order valence-electron chi connectivity index (χ0n) is 16.0. The molecule has 28 heavy (non-hydrogen) atoms. The number of carbonyl (C=O) groups excluding carboxylic acids is 2. The van der Waals surface area contributed by atoms with Crippen molar-refractivity contribution in [1.82, 2.24) is 4.98 Å². The van der Waals surface area contributed by atoms with E-state index < -0.39 is 0 Å². The number of pyridine rings is 1. The van der Waals surface area contributed by atoms with E-state index in [1.165, 1.54) is 18.7 Å². The van der Waals surface area contributed by atoms with E-state index in [0.717, 1.165) is 11.3 Å². The van der Waals surface area contributed by atoms with Crippen LogP contribution >= 0.6 is 0 Å². The van der Waals surface area contributed by atoms with Crippen molar-refractivity contribution < 1.29 is 9.59 Å². The molecular weight excluding hydrogens is 352 g/mol. The molecule has 0 aliphatic carbocycles. The van der Waals surface area contributed by atoms with Crippen molar-refractivity contribution in [1.29, 1.82) is 0 Å². The minimum atomic E-state index is -0.252. The second-order valence-corrected chi connectivity index (χ2v) is 6.59. The zero-order chi connectivity index (χ0) is 20.1. The summed E-state index contributed by atoms with van der Waals surface area (Å²) in [5.41, 5.74) is 5.08. The van der Waals surface area contributed by atoms with Crippen LogP contribution in [0.2, 0.25) is 0 Å². The Labute approximate surface area is 164 Å². The third-order valence-electron chi connectivity index (χ3n) is 4.13. The number of nitrogens with one attached hydrogen (secondary N) is 3. The van der Waals surface area contributed by atoms with Crippen LogP contribution in [0.25, 0.3) is 0 Å². The molecule has 0 aliphatic heterocycles. The summed E-state index contributed by atoms with van der Waals surface area (Å²) in [5, 5.41) is 8.75. The Morgan fingerprint density at radius 1 is 0.857 bits per heavy atom. The first-order valence-corrected chi connectivity index (χ1v) is 8.90. The molecule has 0 aliphatic rings. The number of hydrogen-bond donors (Lipinski definition) is 3. The maximum absolute atomic E-state index is 12.4. The summed E-state index contributed by atoms with van der Waals surface area (Å²) in [6.07, 6.45) is 1.53. The molecular formula is C22H22N4O2. The molecule has 0 bridgehead atoms. The van der Waals surface area contributed by atoms with Gasteiger partial charge in [-0.05, 0) is 61.9 Å². The fourth-order valence-corrected chi connectivity index (χ4v) is 2.74. The largest absolute Gasteiger partial charge is 0.340 e. The van der Waals surface area contributed by atoms with Gasteiger partial charge in [0.15, 0.2) is 0 Å². The molecule has 6 nitrogen and oxygen atoms in total. The Morgan fingerprint density at radius 3 is 2.11 bits per heavy atom. The van der Waals surface area contributed by atoms with Crippen molar-refractivity contribution in [3.05, 3.63) is 77.5 Å². The van der Waals surface area contributed by atoms with Gasteiger partial charge in [-0.15, -0.1) is 0 Å². The van der Waals surface area contributed by atoms with Gasteiger partial charge in [-0.2, -0.15) is 0 Å².